The lowest BCUT2D eigenvalue weighted by Crippen LogP contribution is -2.67. The Labute approximate surface area is 253 Å². The maximum atomic E-state index is 2.42. The van der Waals surface area contributed by atoms with E-state index in [0.717, 1.165) is 0 Å². The molecule has 0 N–H and O–H groups in total. The fourth-order valence-electron chi connectivity index (χ4n) is 9.03. The summed E-state index contributed by atoms with van der Waals surface area (Å²) in [7, 11) is 0. The smallest absolute Gasteiger partial charge is 0.00215 e. The Hall–Kier alpha value is -1.68. The van der Waals surface area contributed by atoms with Crippen molar-refractivity contribution in [3.63, 3.8) is 0 Å². The van der Waals surface area contributed by atoms with Crippen LogP contribution in [0, 0.1) is 0 Å². The van der Waals surface area contributed by atoms with Crippen LogP contribution in [0.4, 0.5) is 0 Å². The maximum Gasteiger partial charge on any atom is -0.00215 e. The predicted octanol–water partition coefficient (Wildman–Crippen LogP) is 9.85. The number of benzene rings is 4. The van der Waals surface area contributed by atoms with Gasteiger partial charge in [0, 0.05) is 0 Å². The predicted molar refractivity (Wildman–Crippen MR) is 171 cm³/mol. The van der Waals surface area contributed by atoms with E-state index in [1.54, 1.807) is 22.3 Å². The molecule has 0 nitrogen and oxygen atoms in total. The van der Waals surface area contributed by atoms with E-state index in [1.807, 2.05) is 0 Å². The van der Waals surface area contributed by atoms with Gasteiger partial charge in [-0.3, -0.25) is 0 Å². The van der Waals surface area contributed by atoms with Gasteiger partial charge in [-0.05, 0) is 82.4 Å². The highest BCUT2D eigenvalue weighted by atomic mass is 79.9. The first-order valence-electron chi connectivity index (χ1n) is 12.9. The molecular formula is C34H35Br3. The van der Waals surface area contributed by atoms with Crippen molar-refractivity contribution in [2.45, 2.75) is 60.2 Å². The van der Waals surface area contributed by atoms with Crippen LogP contribution in [0.15, 0.2) is 121 Å². The summed E-state index contributed by atoms with van der Waals surface area (Å²) in [5.74, 6) is 0. The molecule has 0 radical (unpaired) electrons. The normalized spacial score (nSPS) is 30.9. The number of halogens is 3. The monoisotopic (exact) mass is 680 g/mol. The van der Waals surface area contributed by atoms with Crippen LogP contribution in [0.25, 0.3) is 0 Å². The first-order valence-corrected chi connectivity index (χ1v) is 12.9. The molecular weight excluding hydrogens is 648 g/mol. The molecule has 4 aliphatic carbocycles. The maximum absolute atomic E-state index is 2.42. The average Bonchev–Trinajstić information content (AvgIpc) is 2.90. The molecule has 4 aromatic rings. The van der Waals surface area contributed by atoms with E-state index in [1.165, 1.54) is 38.5 Å². The minimum Gasteiger partial charge on any atom is -0.114 e. The molecule has 4 fully saturated rings. The Balaban J connectivity index is 0.00000107. The van der Waals surface area contributed by atoms with Gasteiger partial charge < -0.3 is 0 Å². The van der Waals surface area contributed by atoms with Crippen LogP contribution in [0.2, 0.25) is 0 Å². The zero-order chi connectivity index (χ0) is 22.7. The van der Waals surface area contributed by atoms with Gasteiger partial charge in [0.15, 0.2) is 0 Å². The van der Waals surface area contributed by atoms with Crippen molar-refractivity contribution in [2.24, 2.45) is 0 Å². The standard InChI is InChI=1S/C34H32.3BrH/c1-5-13-27(14-6-1)31-21-32(28-15-7-2-8-16-28)24-33(22-31,29-17-9-3-10-18-29)26-34(23-31,25-32)30-19-11-4-12-20-30;;;/h1-20H,21-26H2;3*1H. The van der Waals surface area contributed by atoms with E-state index in [9.17, 15) is 0 Å². The summed E-state index contributed by atoms with van der Waals surface area (Å²) in [4.78, 5) is 0. The zero-order valence-electron chi connectivity index (χ0n) is 21.0. The summed E-state index contributed by atoms with van der Waals surface area (Å²) < 4.78 is 0. The zero-order valence-corrected chi connectivity index (χ0v) is 26.2. The molecule has 4 bridgehead atoms. The summed E-state index contributed by atoms with van der Waals surface area (Å²) in [6.45, 7) is 0. The number of hydrogen-bond acceptors (Lipinski definition) is 0. The molecule has 0 heterocycles. The van der Waals surface area contributed by atoms with Gasteiger partial charge in [0.2, 0.25) is 0 Å². The third-order valence-electron chi connectivity index (χ3n) is 9.61. The Morgan fingerprint density at radius 1 is 0.270 bits per heavy atom. The molecule has 4 saturated carbocycles. The molecule has 0 atom stereocenters. The van der Waals surface area contributed by atoms with Crippen LogP contribution >= 0.6 is 50.9 Å². The Kier molecular flexibility index (Phi) is 8.02. The molecule has 3 heteroatoms. The van der Waals surface area contributed by atoms with Gasteiger partial charge in [-0.15, -0.1) is 50.9 Å². The van der Waals surface area contributed by atoms with Gasteiger partial charge in [-0.25, -0.2) is 0 Å². The van der Waals surface area contributed by atoms with Crippen molar-refractivity contribution in [1.29, 1.82) is 0 Å². The fourth-order valence-corrected chi connectivity index (χ4v) is 9.03. The quantitative estimate of drug-likeness (QED) is 0.201. The molecule has 4 aromatic carbocycles. The summed E-state index contributed by atoms with van der Waals surface area (Å²) in [5, 5.41) is 0. The minimum atomic E-state index is 0. The second-order valence-corrected chi connectivity index (χ2v) is 11.6. The summed E-state index contributed by atoms with van der Waals surface area (Å²) in [6.07, 6.45) is 7.57. The topological polar surface area (TPSA) is 0 Å². The fraction of sp³-hybridized carbons (Fsp3) is 0.294. The average molecular weight is 683 g/mol. The van der Waals surface area contributed by atoms with Crippen molar-refractivity contribution in [3.8, 4) is 0 Å². The van der Waals surface area contributed by atoms with Gasteiger partial charge in [0.25, 0.3) is 0 Å². The molecule has 0 spiro atoms. The Morgan fingerprint density at radius 2 is 0.432 bits per heavy atom. The van der Waals surface area contributed by atoms with Gasteiger partial charge in [0.05, 0.1) is 0 Å². The van der Waals surface area contributed by atoms with Crippen molar-refractivity contribution in [3.05, 3.63) is 144 Å². The molecule has 0 amide bonds. The highest BCUT2D eigenvalue weighted by molar-refractivity contribution is 8.93. The highest BCUT2D eigenvalue weighted by Gasteiger charge is 2.69. The summed E-state index contributed by atoms with van der Waals surface area (Å²) >= 11 is 0. The van der Waals surface area contributed by atoms with E-state index in [-0.39, 0.29) is 72.6 Å². The molecule has 0 aromatic heterocycles. The Bertz CT molecular complexity index is 1060. The van der Waals surface area contributed by atoms with E-state index in [2.05, 4.69) is 121 Å². The van der Waals surface area contributed by atoms with Crippen molar-refractivity contribution < 1.29 is 0 Å². The van der Waals surface area contributed by atoms with Crippen molar-refractivity contribution >= 4 is 50.9 Å². The molecule has 0 aliphatic heterocycles. The van der Waals surface area contributed by atoms with E-state index in [4.69, 9.17) is 0 Å². The van der Waals surface area contributed by atoms with Gasteiger partial charge >= 0.3 is 0 Å². The third-order valence-corrected chi connectivity index (χ3v) is 9.61. The molecule has 4 aliphatic rings. The molecule has 0 saturated heterocycles. The summed E-state index contributed by atoms with van der Waals surface area (Å²) in [5.41, 5.74) is 6.97. The first-order chi connectivity index (χ1) is 16.7. The molecule has 192 valence electrons. The van der Waals surface area contributed by atoms with Crippen LogP contribution in [-0.2, 0) is 21.7 Å². The number of rotatable bonds is 4. The van der Waals surface area contributed by atoms with E-state index in [0.29, 0.717) is 0 Å². The van der Waals surface area contributed by atoms with Crippen molar-refractivity contribution in [1.82, 2.24) is 0 Å². The second-order valence-electron chi connectivity index (χ2n) is 11.6. The molecule has 37 heavy (non-hydrogen) atoms. The first kappa shape index (κ1) is 28.3. The Morgan fingerprint density at radius 3 is 0.595 bits per heavy atom. The van der Waals surface area contributed by atoms with Gasteiger partial charge in [-0.1, -0.05) is 121 Å². The van der Waals surface area contributed by atoms with Crippen LogP contribution in [0.1, 0.15) is 60.8 Å². The van der Waals surface area contributed by atoms with Gasteiger partial charge in [0.1, 0.15) is 0 Å². The van der Waals surface area contributed by atoms with Crippen molar-refractivity contribution in [2.75, 3.05) is 0 Å². The highest BCUT2D eigenvalue weighted by Crippen LogP contribution is 2.74. The number of hydrogen-bond donors (Lipinski definition) is 0. The van der Waals surface area contributed by atoms with Crippen LogP contribution in [-0.4, -0.2) is 0 Å². The lowest BCUT2D eigenvalue weighted by Gasteiger charge is -2.71. The molecule has 8 rings (SSSR count). The second kappa shape index (κ2) is 10.5. The minimum absolute atomic E-state index is 0. The third kappa shape index (κ3) is 4.39. The van der Waals surface area contributed by atoms with E-state index < -0.39 is 0 Å². The lowest BCUT2D eigenvalue weighted by atomic mass is 9.32. The van der Waals surface area contributed by atoms with Crippen LogP contribution < -0.4 is 0 Å². The largest absolute Gasteiger partial charge is 0.114 e. The van der Waals surface area contributed by atoms with Gasteiger partial charge in [-0.2, -0.15) is 0 Å². The SMILES string of the molecule is Br.Br.Br.c1ccc(C23CC4(c5ccccc5)CC(c5ccccc5)(C2)CC(c2ccccc2)(C3)C4)cc1. The van der Waals surface area contributed by atoms with Crippen LogP contribution in [0.5, 0.6) is 0 Å². The molecule has 0 unspecified atom stereocenters. The van der Waals surface area contributed by atoms with E-state index >= 15 is 0 Å². The lowest BCUT2D eigenvalue weighted by molar-refractivity contribution is -0.0691. The van der Waals surface area contributed by atoms with Crippen LogP contribution in [0.3, 0.4) is 0 Å². The summed E-state index contributed by atoms with van der Waals surface area (Å²) in [6, 6.07) is 46.1.